The van der Waals surface area contributed by atoms with Gasteiger partial charge in [-0.05, 0) is 17.7 Å². The van der Waals surface area contributed by atoms with Gasteiger partial charge in [-0.15, -0.1) is 34.2 Å². The van der Waals surface area contributed by atoms with Gasteiger partial charge >= 0.3 is 6.18 Å². The van der Waals surface area contributed by atoms with Gasteiger partial charge in [0.05, 0.1) is 12.1 Å². The zero-order valence-corrected chi connectivity index (χ0v) is 15.8. The predicted octanol–water partition coefficient (Wildman–Crippen LogP) is 2.46. The summed E-state index contributed by atoms with van der Waals surface area (Å²) < 4.78 is 53.6. The fourth-order valence-corrected chi connectivity index (χ4v) is 2.00. The number of aliphatic imine (C=N–C) groups is 1. The Labute approximate surface area is 158 Å². The van der Waals surface area contributed by atoms with Crippen molar-refractivity contribution in [1.82, 2.24) is 25.4 Å². The van der Waals surface area contributed by atoms with Crippen LogP contribution in [0.25, 0.3) is 0 Å². The van der Waals surface area contributed by atoms with Crippen molar-refractivity contribution in [2.45, 2.75) is 19.3 Å². The number of benzene rings is 1. The van der Waals surface area contributed by atoms with Crippen LogP contribution in [0.1, 0.15) is 17.0 Å². The topological polar surface area (TPSA) is 67.1 Å². The standard InChI is InChI=1S/C14H16F4N6.HI/c1-19-13(21-7-12-23-22-8-24(12)2)20-6-9-3-4-10(15)5-11(9)14(16,17)18;/h3-5,8H,6-7H2,1-2H3,(H2,19,20,21);1H. The van der Waals surface area contributed by atoms with Crippen molar-refractivity contribution in [1.29, 1.82) is 0 Å². The molecular formula is C14H17F4IN6. The van der Waals surface area contributed by atoms with Crippen molar-refractivity contribution in [3.05, 3.63) is 47.3 Å². The average Bonchev–Trinajstić information content (AvgIpc) is 2.93. The lowest BCUT2D eigenvalue weighted by atomic mass is 10.1. The normalized spacial score (nSPS) is 11.8. The highest BCUT2D eigenvalue weighted by Gasteiger charge is 2.33. The van der Waals surface area contributed by atoms with Crippen molar-refractivity contribution >= 4 is 29.9 Å². The molecule has 6 nitrogen and oxygen atoms in total. The van der Waals surface area contributed by atoms with Crippen molar-refractivity contribution in [3.8, 4) is 0 Å². The number of halogens is 5. The van der Waals surface area contributed by atoms with Crippen LogP contribution in [0.3, 0.4) is 0 Å². The van der Waals surface area contributed by atoms with Gasteiger partial charge in [-0.2, -0.15) is 13.2 Å². The third kappa shape index (κ3) is 5.83. The Bertz CT molecular complexity index is 728. The zero-order chi connectivity index (χ0) is 17.7. The first-order chi connectivity index (χ1) is 11.3. The average molecular weight is 472 g/mol. The van der Waals surface area contributed by atoms with Crippen molar-refractivity contribution in [2.24, 2.45) is 12.0 Å². The van der Waals surface area contributed by atoms with Crippen LogP contribution in [0.2, 0.25) is 0 Å². The molecule has 0 amide bonds. The highest BCUT2D eigenvalue weighted by molar-refractivity contribution is 14.0. The van der Waals surface area contributed by atoms with Crippen LogP contribution in [-0.4, -0.2) is 27.8 Å². The maximum atomic E-state index is 13.1. The van der Waals surface area contributed by atoms with Crippen LogP contribution in [-0.2, 0) is 26.3 Å². The molecule has 1 heterocycles. The lowest BCUT2D eigenvalue weighted by molar-refractivity contribution is -0.138. The summed E-state index contributed by atoms with van der Waals surface area (Å²) in [4.78, 5) is 3.92. The Morgan fingerprint density at radius 2 is 1.92 bits per heavy atom. The van der Waals surface area contributed by atoms with E-state index in [4.69, 9.17) is 0 Å². The fraction of sp³-hybridized carbons (Fsp3) is 0.357. The second-order valence-electron chi connectivity index (χ2n) is 4.94. The molecule has 0 atom stereocenters. The first kappa shape index (κ1) is 21.1. The molecule has 2 N–H and O–H groups in total. The maximum Gasteiger partial charge on any atom is 0.416 e. The molecule has 0 radical (unpaired) electrons. The summed E-state index contributed by atoms with van der Waals surface area (Å²) in [6, 6.07) is 2.57. The molecule has 2 aromatic rings. The van der Waals surface area contributed by atoms with Gasteiger partial charge in [0.15, 0.2) is 11.8 Å². The molecule has 0 aliphatic rings. The molecule has 0 aliphatic carbocycles. The first-order valence-corrected chi connectivity index (χ1v) is 6.94. The van der Waals surface area contributed by atoms with Gasteiger partial charge in [-0.25, -0.2) is 4.39 Å². The number of alkyl halides is 3. The van der Waals surface area contributed by atoms with Gasteiger partial charge in [0.1, 0.15) is 12.1 Å². The molecule has 2 rings (SSSR count). The highest BCUT2D eigenvalue weighted by Crippen LogP contribution is 2.32. The molecule has 1 aromatic carbocycles. The van der Waals surface area contributed by atoms with Crippen LogP contribution < -0.4 is 10.6 Å². The third-order valence-corrected chi connectivity index (χ3v) is 3.27. The molecule has 25 heavy (non-hydrogen) atoms. The summed E-state index contributed by atoms with van der Waals surface area (Å²) in [5, 5.41) is 13.3. The summed E-state index contributed by atoms with van der Waals surface area (Å²) in [5.41, 5.74) is -1.09. The minimum atomic E-state index is -4.63. The van der Waals surface area contributed by atoms with Crippen LogP contribution in [0.5, 0.6) is 0 Å². The van der Waals surface area contributed by atoms with Gasteiger partial charge in [-0.1, -0.05) is 6.07 Å². The van der Waals surface area contributed by atoms with Crippen LogP contribution >= 0.6 is 24.0 Å². The number of hydrogen-bond acceptors (Lipinski definition) is 3. The largest absolute Gasteiger partial charge is 0.416 e. The summed E-state index contributed by atoms with van der Waals surface area (Å²) in [7, 11) is 3.25. The van der Waals surface area contributed by atoms with Crippen LogP contribution in [0, 0.1) is 5.82 Å². The van der Waals surface area contributed by atoms with Crippen molar-refractivity contribution in [2.75, 3.05) is 7.05 Å². The van der Waals surface area contributed by atoms with E-state index >= 15 is 0 Å². The monoisotopic (exact) mass is 472 g/mol. The van der Waals surface area contributed by atoms with Gasteiger partial charge in [0, 0.05) is 20.6 Å². The Morgan fingerprint density at radius 1 is 1.24 bits per heavy atom. The summed E-state index contributed by atoms with van der Waals surface area (Å²) >= 11 is 0. The van der Waals surface area contributed by atoms with Crippen molar-refractivity contribution < 1.29 is 17.6 Å². The van der Waals surface area contributed by atoms with Gasteiger partial charge in [0.25, 0.3) is 0 Å². The van der Waals surface area contributed by atoms with E-state index in [0.717, 1.165) is 12.1 Å². The Hall–Kier alpha value is -1.92. The van der Waals surface area contributed by atoms with Gasteiger partial charge in [0.2, 0.25) is 0 Å². The smallest absolute Gasteiger partial charge is 0.352 e. The molecule has 1 aromatic heterocycles. The number of aromatic nitrogens is 3. The minimum absolute atomic E-state index is 0. The number of hydrogen-bond donors (Lipinski definition) is 2. The van der Waals surface area contributed by atoms with Crippen LogP contribution in [0.15, 0.2) is 29.5 Å². The predicted molar refractivity (Wildman–Crippen MR) is 94.9 cm³/mol. The van der Waals surface area contributed by atoms with Crippen molar-refractivity contribution in [3.63, 3.8) is 0 Å². The van der Waals surface area contributed by atoms with Crippen LogP contribution in [0.4, 0.5) is 17.6 Å². The van der Waals surface area contributed by atoms with E-state index in [1.807, 2.05) is 0 Å². The SMILES string of the molecule is CN=C(NCc1ccc(F)cc1C(F)(F)F)NCc1nncn1C.I. The van der Waals surface area contributed by atoms with E-state index in [-0.39, 0.29) is 42.0 Å². The number of rotatable bonds is 4. The molecule has 0 unspecified atom stereocenters. The third-order valence-electron chi connectivity index (χ3n) is 3.27. The number of aryl methyl sites for hydroxylation is 1. The summed E-state index contributed by atoms with van der Waals surface area (Å²) in [6.45, 7) is 0.138. The van der Waals surface area contributed by atoms with E-state index in [1.165, 1.54) is 13.4 Å². The second kappa shape index (κ2) is 8.97. The molecular weight excluding hydrogens is 455 g/mol. The molecule has 0 bridgehead atoms. The summed E-state index contributed by atoms with van der Waals surface area (Å²) in [6.07, 6.45) is -3.10. The van der Waals surface area contributed by atoms with E-state index < -0.39 is 17.6 Å². The molecule has 11 heteroatoms. The zero-order valence-electron chi connectivity index (χ0n) is 13.4. The van der Waals surface area contributed by atoms with E-state index in [1.54, 1.807) is 11.6 Å². The lowest BCUT2D eigenvalue weighted by Gasteiger charge is -2.15. The van der Waals surface area contributed by atoms with Gasteiger partial charge in [-0.3, -0.25) is 4.99 Å². The Kier molecular flexibility index (Phi) is 7.58. The van der Waals surface area contributed by atoms with E-state index in [0.29, 0.717) is 18.4 Å². The molecule has 0 saturated carbocycles. The summed E-state index contributed by atoms with van der Waals surface area (Å²) in [5.74, 6) is -0.0120. The van der Waals surface area contributed by atoms with E-state index in [2.05, 4.69) is 25.8 Å². The maximum absolute atomic E-state index is 13.1. The fourth-order valence-electron chi connectivity index (χ4n) is 2.00. The molecule has 138 valence electrons. The molecule has 0 saturated heterocycles. The first-order valence-electron chi connectivity index (χ1n) is 6.94. The van der Waals surface area contributed by atoms with Gasteiger partial charge < -0.3 is 15.2 Å². The molecule has 0 aliphatic heterocycles. The minimum Gasteiger partial charge on any atom is -0.352 e. The number of nitrogens with zero attached hydrogens (tertiary/aromatic N) is 4. The number of nitrogens with one attached hydrogen (secondary N) is 2. The van der Waals surface area contributed by atoms with E-state index in [9.17, 15) is 17.6 Å². The highest BCUT2D eigenvalue weighted by atomic mass is 127. The Balaban J connectivity index is 0.00000312. The Morgan fingerprint density at radius 3 is 2.48 bits per heavy atom. The number of guanidine groups is 1. The molecule has 0 fully saturated rings. The molecule has 0 spiro atoms. The second-order valence-corrected chi connectivity index (χ2v) is 4.94. The lowest BCUT2D eigenvalue weighted by Crippen LogP contribution is -2.37. The quantitative estimate of drug-likeness (QED) is 0.311.